The van der Waals surface area contributed by atoms with Crippen LogP contribution < -0.4 is 5.32 Å². The Balaban J connectivity index is 1.19. The maximum atomic E-state index is 13.0. The highest BCUT2D eigenvalue weighted by atomic mass is 16.5. The number of carboxylic acids is 1. The Kier molecular flexibility index (Phi) is 5.77. The van der Waals surface area contributed by atoms with E-state index in [-0.39, 0.29) is 24.3 Å². The molecule has 2 aromatic rings. The van der Waals surface area contributed by atoms with Crippen LogP contribution in [0.2, 0.25) is 0 Å². The molecule has 1 atom stereocenters. The van der Waals surface area contributed by atoms with Gasteiger partial charge in [0.15, 0.2) is 0 Å². The van der Waals surface area contributed by atoms with Gasteiger partial charge in [0.2, 0.25) is 5.91 Å². The van der Waals surface area contributed by atoms with Crippen LogP contribution in [0.25, 0.3) is 11.1 Å². The Morgan fingerprint density at radius 1 is 1.06 bits per heavy atom. The largest absolute Gasteiger partial charge is 0.480 e. The predicted octanol–water partition coefficient (Wildman–Crippen LogP) is 3.01. The van der Waals surface area contributed by atoms with E-state index in [0.717, 1.165) is 35.1 Å². The van der Waals surface area contributed by atoms with Gasteiger partial charge in [-0.25, -0.2) is 9.59 Å². The third-order valence-corrected chi connectivity index (χ3v) is 6.88. The highest BCUT2D eigenvalue weighted by molar-refractivity contribution is 5.87. The normalized spacial score (nSPS) is 18.9. The van der Waals surface area contributed by atoms with E-state index in [2.05, 4.69) is 29.6 Å². The zero-order valence-electron chi connectivity index (χ0n) is 19.0. The monoisotopic (exact) mass is 464 g/mol. The number of carbonyl (C=O) groups is 3. The van der Waals surface area contributed by atoms with Gasteiger partial charge in [0.05, 0.1) is 13.1 Å². The molecule has 2 N–H and O–H groups in total. The van der Waals surface area contributed by atoms with Gasteiger partial charge >= 0.3 is 12.1 Å². The molecule has 8 nitrogen and oxygen atoms in total. The van der Waals surface area contributed by atoms with Gasteiger partial charge in [-0.05, 0) is 47.9 Å². The summed E-state index contributed by atoms with van der Waals surface area (Å²) in [5.41, 5.74) is 3.90. The first-order chi connectivity index (χ1) is 16.3. The van der Waals surface area contributed by atoms with Crippen molar-refractivity contribution in [2.24, 2.45) is 5.92 Å². The van der Waals surface area contributed by atoms with Gasteiger partial charge < -0.3 is 24.8 Å². The van der Waals surface area contributed by atoms with E-state index in [0.29, 0.717) is 13.1 Å². The van der Waals surface area contributed by atoms with E-state index < -0.39 is 30.3 Å². The second-order valence-corrected chi connectivity index (χ2v) is 9.61. The summed E-state index contributed by atoms with van der Waals surface area (Å²) in [5, 5.41) is 11.6. The van der Waals surface area contributed by atoms with Crippen molar-refractivity contribution in [2.75, 3.05) is 26.3 Å². The van der Waals surface area contributed by atoms with Crippen LogP contribution in [0.5, 0.6) is 0 Å². The molecule has 5 rings (SSSR count). The van der Waals surface area contributed by atoms with Gasteiger partial charge in [-0.3, -0.25) is 4.79 Å². The topological polar surface area (TPSA) is 105 Å². The van der Waals surface area contributed by atoms with Gasteiger partial charge in [-0.2, -0.15) is 0 Å². The number of ether oxygens (including phenoxy) is 2. The Labute approximate surface area is 197 Å². The molecule has 1 saturated heterocycles. The second kappa shape index (κ2) is 8.76. The van der Waals surface area contributed by atoms with Crippen molar-refractivity contribution in [3.8, 4) is 11.1 Å². The number of carbonyl (C=O) groups excluding carboxylic acids is 2. The summed E-state index contributed by atoms with van der Waals surface area (Å²) in [4.78, 5) is 38.1. The fourth-order valence-electron chi connectivity index (χ4n) is 5.02. The summed E-state index contributed by atoms with van der Waals surface area (Å²) in [6.45, 7) is 2.17. The molecule has 2 aromatic carbocycles. The molecule has 34 heavy (non-hydrogen) atoms. The third kappa shape index (κ3) is 4.37. The number of nitrogens with one attached hydrogen (secondary N) is 1. The summed E-state index contributed by atoms with van der Waals surface area (Å²) in [6, 6.07) is 15.6. The van der Waals surface area contributed by atoms with Crippen molar-refractivity contribution < 1.29 is 29.0 Å². The number of fused-ring (bicyclic) bond motifs is 3. The molecule has 0 aromatic heterocycles. The van der Waals surface area contributed by atoms with Crippen molar-refractivity contribution in [1.82, 2.24) is 10.2 Å². The molecule has 0 radical (unpaired) electrons. The lowest BCUT2D eigenvalue weighted by Crippen LogP contribution is -2.66. The van der Waals surface area contributed by atoms with Crippen LogP contribution in [0.4, 0.5) is 4.79 Å². The van der Waals surface area contributed by atoms with Gasteiger partial charge in [-0.1, -0.05) is 48.5 Å². The second-order valence-electron chi connectivity index (χ2n) is 9.61. The molecule has 2 fully saturated rings. The number of rotatable bonds is 8. The number of hydrogen-bond acceptors (Lipinski definition) is 5. The van der Waals surface area contributed by atoms with Crippen molar-refractivity contribution in [3.05, 3.63) is 59.7 Å². The minimum absolute atomic E-state index is 0.0456. The summed E-state index contributed by atoms with van der Waals surface area (Å²) in [5.74, 6) is -1.17. The van der Waals surface area contributed by atoms with Crippen LogP contribution in [0, 0.1) is 5.92 Å². The molecule has 3 aliphatic rings. The van der Waals surface area contributed by atoms with E-state index >= 15 is 0 Å². The zero-order valence-corrected chi connectivity index (χ0v) is 19.0. The molecular formula is C26H28N2O6. The van der Waals surface area contributed by atoms with E-state index in [9.17, 15) is 14.4 Å². The third-order valence-electron chi connectivity index (χ3n) is 6.88. The SMILES string of the molecule is CC1(OCC(=O)O)CN(C(=O)C(NC(=O)OCC2c3ccccc3-c3ccccc32)C2CC2)C1. The number of carboxylic acid groups (broad SMARTS) is 1. The van der Waals surface area contributed by atoms with Crippen LogP contribution in [0.1, 0.15) is 36.8 Å². The van der Waals surface area contributed by atoms with Crippen LogP contribution in [-0.2, 0) is 19.1 Å². The van der Waals surface area contributed by atoms with Crippen molar-refractivity contribution >= 4 is 18.0 Å². The minimum atomic E-state index is -1.04. The van der Waals surface area contributed by atoms with Crippen LogP contribution in [-0.4, -0.2) is 65.9 Å². The lowest BCUT2D eigenvalue weighted by atomic mass is 9.94. The fourth-order valence-corrected chi connectivity index (χ4v) is 5.02. The van der Waals surface area contributed by atoms with Crippen molar-refractivity contribution in [1.29, 1.82) is 0 Å². The molecule has 0 bridgehead atoms. The quantitative estimate of drug-likeness (QED) is 0.622. The molecule has 2 aliphatic carbocycles. The number of aliphatic carboxylic acids is 1. The summed E-state index contributed by atoms with van der Waals surface area (Å²) >= 11 is 0. The molecule has 1 heterocycles. The molecule has 0 spiro atoms. The van der Waals surface area contributed by atoms with Crippen molar-refractivity contribution in [3.63, 3.8) is 0 Å². The molecule has 178 valence electrons. The Hall–Kier alpha value is -3.39. The first-order valence-electron chi connectivity index (χ1n) is 11.6. The molecule has 8 heteroatoms. The summed E-state index contributed by atoms with van der Waals surface area (Å²) < 4.78 is 11.0. The highest BCUT2D eigenvalue weighted by Gasteiger charge is 2.48. The van der Waals surface area contributed by atoms with E-state index in [1.165, 1.54) is 0 Å². The Morgan fingerprint density at radius 3 is 2.21 bits per heavy atom. The lowest BCUT2D eigenvalue weighted by molar-refractivity contribution is -0.174. The summed E-state index contributed by atoms with van der Waals surface area (Å²) in [6.07, 6.45) is 1.15. The lowest BCUT2D eigenvalue weighted by Gasteiger charge is -2.48. The van der Waals surface area contributed by atoms with E-state index in [4.69, 9.17) is 14.6 Å². The van der Waals surface area contributed by atoms with Gasteiger partial charge in [-0.15, -0.1) is 0 Å². The van der Waals surface area contributed by atoms with Gasteiger partial charge in [0.25, 0.3) is 0 Å². The molecule has 2 amide bonds. The highest BCUT2D eigenvalue weighted by Crippen LogP contribution is 2.44. The Bertz CT molecular complexity index is 1080. The van der Waals surface area contributed by atoms with E-state index in [1.54, 1.807) is 11.8 Å². The number of hydrogen-bond donors (Lipinski definition) is 2. The van der Waals surface area contributed by atoms with Crippen LogP contribution in [0.3, 0.4) is 0 Å². The molecule has 1 unspecified atom stereocenters. The summed E-state index contributed by atoms with van der Waals surface area (Å²) in [7, 11) is 0. The number of likely N-dealkylation sites (tertiary alicyclic amines) is 1. The number of nitrogens with zero attached hydrogens (tertiary/aromatic N) is 1. The smallest absolute Gasteiger partial charge is 0.407 e. The number of amides is 2. The van der Waals surface area contributed by atoms with Crippen molar-refractivity contribution in [2.45, 2.75) is 37.3 Å². The number of alkyl carbamates (subject to hydrolysis) is 1. The van der Waals surface area contributed by atoms with Gasteiger partial charge in [0.1, 0.15) is 24.9 Å². The predicted molar refractivity (Wildman–Crippen MR) is 123 cm³/mol. The zero-order chi connectivity index (χ0) is 23.9. The van der Waals surface area contributed by atoms with Crippen LogP contribution in [0.15, 0.2) is 48.5 Å². The van der Waals surface area contributed by atoms with Gasteiger partial charge in [0, 0.05) is 5.92 Å². The standard InChI is InChI=1S/C26H28N2O6/c1-26(34-13-22(29)30)14-28(15-26)24(31)23(16-10-11-16)27-25(32)33-12-21-19-8-4-2-6-17(19)18-7-3-5-9-20(18)21/h2-9,16,21,23H,10-15H2,1H3,(H,27,32)(H,29,30). The average Bonchev–Trinajstić information content (AvgIpc) is 3.60. The maximum Gasteiger partial charge on any atom is 0.407 e. The number of benzene rings is 2. The Morgan fingerprint density at radius 2 is 1.65 bits per heavy atom. The molecular weight excluding hydrogens is 436 g/mol. The maximum absolute atomic E-state index is 13.0. The first kappa shape index (κ1) is 22.4. The fraction of sp³-hybridized carbons (Fsp3) is 0.423. The van der Waals surface area contributed by atoms with Crippen LogP contribution >= 0.6 is 0 Å². The molecule has 1 saturated carbocycles. The first-order valence-corrected chi connectivity index (χ1v) is 11.6. The minimum Gasteiger partial charge on any atom is -0.480 e. The van der Waals surface area contributed by atoms with E-state index in [1.807, 2.05) is 24.3 Å². The average molecular weight is 465 g/mol. The molecule has 1 aliphatic heterocycles.